The minimum absolute atomic E-state index is 0.137. The van der Waals surface area contributed by atoms with E-state index in [2.05, 4.69) is 10.3 Å². The fraction of sp³-hybridized carbons (Fsp3) is 0.625. The Balaban J connectivity index is 4.60. The summed E-state index contributed by atoms with van der Waals surface area (Å²) in [5.41, 5.74) is 0. The monoisotopic (exact) mass is 280 g/mol. The Labute approximate surface area is 109 Å². The molecule has 0 aliphatic heterocycles. The van der Waals surface area contributed by atoms with Gasteiger partial charge in [-0.15, -0.1) is 4.99 Å². The topological polar surface area (TPSA) is 74.2 Å². The molecule has 0 aromatic rings. The Morgan fingerprint density at radius 3 is 2.12 bits per heavy atom. The lowest BCUT2D eigenvalue weighted by Crippen LogP contribution is -2.38. The number of amidine groups is 1. The maximum Gasteiger partial charge on any atom is 0.347 e. The fourth-order valence-corrected chi connectivity index (χ4v) is 1.71. The average Bonchev–Trinajstić information content (AvgIpc) is 2.29. The van der Waals surface area contributed by atoms with Crippen molar-refractivity contribution in [2.75, 3.05) is 33.7 Å². The second kappa shape index (κ2) is 8.07. The van der Waals surface area contributed by atoms with Gasteiger partial charge >= 0.3 is 18.1 Å². The number of rotatable bonds is 2. The SMILES string of the molecule is COC(=NC(=O)N(C)C)NC(=O)N(SC)SC. The first-order valence-electron chi connectivity index (χ1n) is 4.49. The zero-order valence-corrected chi connectivity index (χ0v) is 12.0. The van der Waals surface area contributed by atoms with Crippen LogP contribution in [0.2, 0.25) is 0 Å². The highest BCUT2D eigenvalue weighted by molar-refractivity contribution is 8.12. The molecule has 9 heteroatoms. The van der Waals surface area contributed by atoms with Gasteiger partial charge in [-0.05, 0) is 23.9 Å². The molecule has 0 radical (unpaired) electrons. The van der Waals surface area contributed by atoms with Gasteiger partial charge in [-0.2, -0.15) is 0 Å². The summed E-state index contributed by atoms with van der Waals surface area (Å²) < 4.78 is 6.19. The molecular formula is C8H16N4O3S2. The van der Waals surface area contributed by atoms with E-state index in [1.165, 1.54) is 39.6 Å². The second-order valence-corrected chi connectivity index (χ2v) is 4.54. The number of methoxy groups -OCH3 is 1. The molecule has 7 nitrogen and oxygen atoms in total. The number of hydrogen-bond donors (Lipinski definition) is 1. The maximum absolute atomic E-state index is 11.6. The minimum atomic E-state index is -0.512. The Kier molecular flexibility index (Phi) is 7.55. The molecule has 1 N–H and O–H groups in total. The third-order valence-corrected chi connectivity index (χ3v) is 3.37. The van der Waals surface area contributed by atoms with E-state index in [1.54, 1.807) is 26.6 Å². The van der Waals surface area contributed by atoms with Crippen molar-refractivity contribution in [1.29, 1.82) is 0 Å². The van der Waals surface area contributed by atoms with E-state index in [4.69, 9.17) is 4.74 Å². The molecule has 0 saturated heterocycles. The summed E-state index contributed by atoms with van der Waals surface area (Å²) in [6.45, 7) is 0. The quantitative estimate of drug-likeness (QED) is 0.468. The lowest BCUT2D eigenvalue weighted by atomic mass is 10.8. The molecule has 0 heterocycles. The number of carbonyl (C=O) groups excluding carboxylic acids is 2. The molecule has 0 fully saturated rings. The largest absolute Gasteiger partial charge is 0.468 e. The number of hydrogen-bond acceptors (Lipinski definition) is 5. The molecule has 17 heavy (non-hydrogen) atoms. The molecule has 0 rings (SSSR count). The van der Waals surface area contributed by atoms with E-state index in [0.29, 0.717) is 0 Å². The third kappa shape index (κ3) is 5.68. The van der Waals surface area contributed by atoms with Crippen LogP contribution in [-0.2, 0) is 4.74 Å². The van der Waals surface area contributed by atoms with E-state index >= 15 is 0 Å². The number of nitrogens with zero attached hydrogens (tertiary/aromatic N) is 3. The molecule has 98 valence electrons. The van der Waals surface area contributed by atoms with Gasteiger partial charge in [0.1, 0.15) is 0 Å². The number of amides is 4. The van der Waals surface area contributed by atoms with Crippen LogP contribution in [0.3, 0.4) is 0 Å². The van der Waals surface area contributed by atoms with Crippen LogP contribution >= 0.6 is 23.9 Å². The van der Waals surface area contributed by atoms with Crippen molar-refractivity contribution in [3.8, 4) is 0 Å². The second-order valence-electron chi connectivity index (χ2n) is 2.85. The van der Waals surface area contributed by atoms with Gasteiger partial charge in [0.05, 0.1) is 7.11 Å². The van der Waals surface area contributed by atoms with Gasteiger partial charge in [0, 0.05) is 26.6 Å². The van der Waals surface area contributed by atoms with Crippen molar-refractivity contribution < 1.29 is 14.3 Å². The number of nitrogens with one attached hydrogen (secondary N) is 1. The highest BCUT2D eigenvalue weighted by Crippen LogP contribution is 2.15. The molecule has 0 aromatic carbocycles. The van der Waals surface area contributed by atoms with Crippen molar-refractivity contribution in [1.82, 2.24) is 13.9 Å². The number of carbonyl (C=O) groups is 2. The van der Waals surface area contributed by atoms with Crippen LogP contribution in [0.1, 0.15) is 0 Å². The molecule has 0 aliphatic carbocycles. The Morgan fingerprint density at radius 1 is 1.24 bits per heavy atom. The molecule has 4 amide bonds. The first-order valence-corrected chi connectivity index (χ1v) is 6.85. The van der Waals surface area contributed by atoms with Crippen molar-refractivity contribution in [3.05, 3.63) is 0 Å². The Morgan fingerprint density at radius 2 is 1.76 bits per heavy atom. The minimum Gasteiger partial charge on any atom is -0.468 e. The van der Waals surface area contributed by atoms with Crippen LogP contribution in [0, 0.1) is 0 Å². The molecule has 0 atom stereocenters. The summed E-state index contributed by atoms with van der Waals surface area (Å²) in [4.78, 5) is 27.8. The van der Waals surface area contributed by atoms with Crippen molar-refractivity contribution >= 4 is 42.0 Å². The van der Waals surface area contributed by atoms with Crippen LogP contribution in [0.4, 0.5) is 9.59 Å². The molecule has 0 aromatic heterocycles. The van der Waals surface area contributed by atoms with E-state index in [9.17, 15) is 9.59 Å². The Hall–Kier alpha value is -1.09. The Bertz CT molecular complexity index is 305. The summed E-state index contributed by atoms with van der Waals surface area (Å²) in [5.74, 6) is 0. The van der Waals surface area contributed by atoms with Gasteiger partial charge in [-0.1, -0.05) is 0 Å². The lowest BCUT2D eigenvalue weighted by Gasteiger charge is -2.16. The van der Waals surface area contributed by atoms with E-state index in [0.717, 1.165) is 0 Å². The highest BCUT2D eigenvalue weighted by Gasteiger charge is 2.15. The molecule has 0 aliphatic rings. The van der Waals surface area contributed by atoms with Crippen molar-refractivity contribution in [3.63, 3.8) is 0 Å². The fourth-order valence-electron chi connectivity index (χ4n) is 0.689. The summed E-state index contributed by atoms with van der Waals surface area (Å²) >= 11 is 2.47. The van der Waals surface area contributed by atoms with Gasteiger partial charge in [0.25, 0.3) is 0 Å². The summed E-state index contributed by atoms with van der Waals surface area (Å²) in [6.07, 6.45) is 3.51. The number of urea groups is 2. The number of ether oxygens (including phenoxy) is 1. The summed E-state index contributed by atoms with van der Waals surface area (Å²) in [5, 5.41) is 2.38. The smallest absolute Gasteiger partial charge is 0.347 e. The third-order valence-electron chi connectivity index (χ3n) is 1.48. The van der Waals surface area contributed by atoms with E-state index < -0.39 is 12.1 Å². The highest BCUT2D eigenvalue weighted by atomic mass is 32.2. The van der Waals surface area contributed by atoms with Crippen LogP contribution in [0.25, 0.3) is 0 Å². The molecule has 0 unspecified atom stereocenters. The first kappa shape index (κ1) is 15.9. The standard InChI is InChI=1S/C8H16N4O3S2/c1-11(2)7(13)9-6(15-3)10-8(14)12(16-4)17-5/h1-5H3,(H,9,10,13,14). The first-order chi connectivity index (χ1) is 7.96. The average molecular weight is 280 g/mol. The van der Waals surface area contributed by atoms with Gasteiger partial charge < -0.3 is 9.64 Å². The van der Waals surface area contributed by atoms with E-state index in [-0.39, 0.29) is 6.02 Å². The van der Waals surface area contributed by atoms with Gasteiger partial charge in [-0.25, -0.2) is 13.3 Å². The zero-order chi connectivity index (χ0) is 13.4. The number of aliphatic imine (C=N–C) groups is 1. The van der Waals surface area contributed by atoms with Gasteiger partial charge in [0.2, 0.25) is 0 Å². The van der Waals surface area contributed by atoms with Crippen LogP contribution < -0.4 is 5.32 Å². The molecular weight excluding hydrogens is 264 g/mol. The predicted octanol–water partition coefficient (Wildman–Crippen LogP) is 1.24. The lowest BCUT2D eigenvalue weighted by molar-refractivity contribution is 0.225. The molecule has 0 saturated carbocycles. The predicted molar refractivity (Wildman–Crippen MR) is 70.9 cm³/mol. The van der Waals surface area contributed by atoms with Crippen LogP contribution in [-0.4, -0.2) is 60.4 Å². The summed E-state index contributed by atoms with van der Waals surface area (Å²) in [7, 11) is 4.43. The van der Waals surface area contributed by atoms with Gasteiger partial charge in [0.15, 0.2) is 0 Å². The maximum atomic E-state index is 11.6. The van der Waals surface area contributed by atoms with Crippen molar-refractivity contribution in [2.45, 2.75) is 0 Å². The van der Waals surface area contributed by atoms with E-state index in [1.807, 2.05) is 0 Å². The van der Waals surface area contributed by atoms with Crippen LogP contribution in [0.5, 0.6) is 0 Å². The van der Waals surface area contributed by atoms with Crippen LogP contribution in [0.15, 0.2) is 4.99 Å². The summed E-state index contributed by atoms with van der Waals surface area (Å²) in [6, 6.07) is -1.07. The normalized spacial score (nSPS) is 10.8. The molecule has 0 bridgehead atoms. The molecule has 0 spiro atoms. The van der Waals surface area contributed by atoms with Gasteiger partial charge in [-0.3, -0.25) is 5.32 Å². The van der Waals surface area contributed by atoms with Crippen molar-refractivity contribution in [2.24, 2.45) is 4.99 Å². The zero-order valence-electron chi connectivity index (χ0n) is 10.4.